The number of nitrogens with zero attached hydrogens (tertiary/aromatic N) is 3. The highest BCUT2D eigenvalue weighted by molar-refractivity contribution is 7.15. The van der Waals surface area contributed by atoms with Gasteiger partial charge < -0.3 is 14.7 Å². The number of thiazole rings is 1. The van der Waals surface area contributed by atoms with Crippen LogP contribution in [0, 0.1) is 0 Å². The van der Waals surface area contributed by atoms with Crippen LogP contribution in [0.3, 0.4) is 0 Å². The summed E-state index contributed by atoms with van der Waals surface area (Å²) < 4.78 is 6.96. The van der Waals surface area contributed by atoms with E-state index in [9.17, 15) is 9.59 Å². The first-order valence-corrected chi connectivity index (χ1v) is 7.05. The van der Waals surface area contributed by atoms with Gasteiger partial charge in [-0.2, -0.15) is 0 Å². The van der Waals surface area contributed by atoms with Crippen molar-refractivity contribution in [1.29, 1.82) is 0 Å². The predicted molar refractivity (Wildman–Crippen MR) is 70.7 cm³/mol. The summed E-state index contributed by atoms with van der Waals surface area (Å²) in [5.74, 6) is -1.16. The maximum atomic E-state index is 12.2. The number of amides is 1. The van der Waals surface area contributed by atoms with Gasteiger partial charge in [-0.15, -0.1) is 11.3 Å². The molecule has 1 aliphatic rings. The lowest BCUT2D eigenvalue weighted by atomic mass is 10.2. The molecule has 0 saturated carbocycles. The first-order valence-electron chi connectivity index (χ1n) is 6.17. The van der Waals surface area contributed by atoms with Crippen LogP contribution < -0.4 is 0 Å². The highest BCUT2D eigenvalue weighted by Gasteiger charge is 2.29. The summed E-state index contributed by atoms with van der Waals surface area (Å²) in [5, 5.41) is 10.8. The Kier molecular flexibility index (Phi) is 3.41. The molecule has 1 saturated heterocycles. The average Bonchev–Trinajstić information content (AvgIpc) is 2.99. The largest absolute Gasteiger partial charge is 0.479 e. The van der Waals surface area contributed by atoms with Crippen LogP contribution in [0.2, 0.25) is 0 Å². The zero-order chi connectivity index (χ0) is 14.1. The summed E-state index contributed by atoms with van der Waals surface area (Å²) in [7, 11) is 0. The van der Waals surface area contributed by atoms with Crippen LogP contribution >= 0.6 is 11.3 Å². The Morgan fingerprint density at radius 2 is 2.40 bits per heavy atom. The van der Waals surface area contributed by atoms with Crippen LogP contribution in [0.25, 0.3) is 4.96 Å². The summed E-state index contributed by atoms with van der Waals surface area (Å²) in [4.78, 5) is 29.8. The Balaban J connectivity index is 1.66. The predicted octanol–water partition coefficient (Wildman–Crippen LogP) is 0.250. The molecule has 0 aromatic carbocycles. The molecule has 1 aliphatic heterocycles. The molecule has 1 amide bonds. The molecule has 1 atom stereocenters. The highest BCUT2D eigenvalue weighted by Crippen LogP contribution is 2.13. The molecule has 0 bridgehead atoms. The highest BCUT2D eigenvalue weighted by atomic mass is 32.1. The molecular weight excluding hydrogens is 282 g/mol. The first kappa shape index (κ1) is 13.1. The number of aliphatic carboxylic acids is 1. The number of ether oxygens (including phenoxy) is 1. The molecule has 7 nitrogen and oxygen atoms in total. The van der Waals surface area contributed by atoms with Crippen molar-refractivity contribution in [3.63, 3.8) is 0 Å². The number of carboxylic acid groups (broad SMARTS) is 1. The van der Waals surface area contributed by atoms with E-state index in [-0.39, 0.29) is 25.5 Å². The fraction of sp³-hybridized carbons (Fsp3) is 0.417. The molecule has 2 aromatic rings. The van der Waals surface area contributed by atoms with Gasteiger partial charge in [0, 0.05) is 24.3 Å². The number of hydrogen-bond donors (Lipinski definition) is 1. The molecule has 1 unspecified atom stereocenters. The average molecular weight is 295 g/mol. The Morgan fingerprint density at radius 3 is 3.15 bits per heavy atom. The van der Waals surface area contributed by atoms with E-state index < -0.39 is 12.1 Å². The number of rotatable bonds is 3. The van der Waals surface area contributed by atoms with Crippen molar-refractivity contribution in [3.8, 4) is 0 Å². The fourth-order valence-electron chi connectivity index (χ4n) is 2.15. The number of aromatic nitrogens is 2. The van der Waals surface area contributed by atoms with Crippen molar-refractivity contribution >= 4 is 28.2 Å². The van der Waals surface area contributed by atoms with E-state index in [0.717, 1.165) is 4.96 Å². The van der Waals surface area contributed by atoms with Crippen LogP contribution in [0.1, 0.15) is 5.69 Å². The Morgan fingerprint density at radius 1 is 1.55 bits per heavy atom. The Bertz CT molecular complexity index is 621. The minimum Gasteiger partial charge on any atom is -0.479 e. The second-order valence-electron chi connectivity index (χ2n) is 4.54. The lowest BCUT2D eigenvalue weighted by molar-refractivity contribution is -0.159. The standard InChI is InChI=1S/C12H13N3O4S/c16-10(14-1-3-19-9(7-14)11(17)18)5-8-6-15-2-4-20-12(15)13-8/h2,4,6,9H,1,3,5,7H2,(H,17,18). The Labute approximate surface area is 118 Å². The van der Waals surface area contributed by atoms with Crippen LogP contribution in [0.5, 0.6) is 0 Å². The van der Waals surface area contributed by atoms with Gasteiger partial charge in [-0.3, -0.25) is 9.20 Å². The van der Waals surface area contributed by atoms with Crippen LogP contribution in [0.4, 0.5) is 0 Å². The molecule has 0 radical (unpaired) electrons. The number of imidazole rings is 1. The number of hydrogen-bond acceptors (Lipinski definition) is 5. The third-order valence-corrected chi connectivity index (χ3v) is 3.94. The second kappa shape index (κ2) is 5.22. The molecule has 106 valence electrons. The minimum absolute atomic E-state index is 0.0936. The van der Waals surface area contributed by atoms with Crippen molar-refractivity contribution in [2.45, 2.75) is 12.5 Å². The molecule has 0 spiro atoms. The lowest BCUT2D eigenvalue weighted by Gasteiger charge is -2.30. The molecule has 0 aliphatic carbocycles. The van der Waals surface area contributed by atoms with Crippen molar-refractivity contribution in [2.75, 3.05) is 19.7 Å². The molecule has 20 heavy (non-hydrogen) atoms. The number of fused-ring (bicyclic) bond motifs is 1. The molecule has 1 fully saturated rings. The number of carboxylic acids is 1. The van der Waals surface area contributed by atoms with Crippen molar-refractivity contribution in [2.24, 2.45) is 0 Å². The molecular formula is C12H13N3O4S. The van der Waals surface area contributed by atoms with Gasteiger partial charge in [0.1, 0.15) is 0 Å². The quantitative estimate of drug-likeness (QED) is 0.877. The van der Waals surface area contributed by atoms with E-state index in [1.807, 2.05) is 22.2 Å². The minimum atomic E-state index is -1.04. The van der Waals surface area contributed by atoms with Gasteiger partial charge in [-0.1, -0.05) is 0 Å². The van der Waals surface area contributed by atoms with E-state index in [2.05, 4.69) is 4.98 Å². The molecule has 8 heteroatoms. The van der Waals surface area contributed by atoms with Gasteiger partial charge in [-0.05, 0) is 0 Å². The summed E-state index contributed by atoms with van der Waals surface area (Å²) in [5.41, 5.74) is 0.695. The maximum Gasteiger partial charge on any atom is 0.334 e. The summed E-state index contributed by atoms with van der Waals surface area (Å²) in [6, 6.07) is 0. The third kappa shape index (κ3) is 2.52. The van der Waals surface area contributed by atoms with Crippen molar-refractivity contribution in [3.05, 3.63) is 23.5 Å². The smallest absolute Gasteiger partial charge is 0.334 e. The molecule has 2 aromatic heterocycles. The van der Waals surface area contributed by atoms with Crippen molar-refractivity contribution < 1.29 is 19.4 Å². The molecule has 3 rings (SSSR count). The molecule has 3 heterocycles. The summed E-state index contributed by atoms with van der Waals surface area (Å²) in [6.07, 6.45) is 2.95. The summed E-state index contributed by atoms with van der Waals surface area (Å²) in [6.45, 7) is 0.766. The van der Waals surface area contributed by atoms with E-state index in [1.165, 1.54) is 16.2 Å². The van der Waals surface area contributed by atoms with E-state index >= 15 is 0 Å². The zero-order valence-electron chi connectivity index (χ0n) is 10.6. The lowest BCUT2D eigenvalue weighted by Crippen LogP contribution is -2.49. The van der Waals surface area contributed by atoms with E-state index in [0.29, 0.717) is 12.2 Å². The van der Waals surface area contributed by atoms with Crippen molar-refractivity contribution in [1.82, 2.24) is 14.3 Å². The first-order chi connectivity index (χ1) is 9.63. The number of carbonyl (C=O) groups excluding carboxylic acids is 1. The number of carbonyl (C=O) groups is 2. The maximum absolute atomic E-state index is 12.2. The van der Waals surface area contributed by atoms with Gasteiger partial charge in [0.2, 0.25) is 5.91 Å². The van der Waals surface area contributed by atoms with Gasteiger partial charge in [0.05, 0.1) is 25.3 Å². The van der Waals surface area contributed by atoms with Gasteiger partial charge >= 0.3 is 5.97 Å². The van der Waals surface area contributed by atoms with Crippen LogP contribution in [0.15, 0.2) is 17.8 Å². The van der Waals surface area contributed by atoms with Gasteiger partial charge in [0.25, 0.3) is 0 Å². The number of morpholine rings is 1. The molecule has 1 N–H and O–H groups in total. The SMILES string of the molecule is O=C(O)C1CN(C(=O)Cc2cn3ccsc3n2)CCO1. The van der Waals surface area contributed by atoms with E-state index in [1.54, 1.807) is 0 Å². The third-order valence-electron chi connectivity index (χ3n) is 3.17. The Hall–Kier alpha value is -1.93. The zero-order valence-corrected chi connectivity index (χ0v) is 11.4. The van der Waals surface area contributed by atoms with Gasteiger partial charge in [0.15, 0.2) is 11.1 Å². The fourth-order valence-corrected chi connectivity index (χ4v) is 2.87. The van der Waals surface area contributed by atoms with Crippen LogP contribution in [-0.4, -0.2) is 57.1 Å². The summed E-state index contributed by atoms with van der Waals surface area (Å²) >= 11 is 1.50. The monoisotopic (exact) mass is 295 g/mol. The normalized spacial score (nSPS) is 19.4. The van der Waals surface area contributed by atoms with Crippen LogP contribution in [-0.2, 0) is 20.7 Å². The van der Waals surface area contributed by atoms with E-state index in [4.69, 9.17) is 9.84 Å². The second-order valence-corrected chi connectivity index (χ2v) is 5.41. The topological polar surface area (TPSA) is 84.1 Å². The van der Waals surface area contributed by atoms with Gasteiger partial charge in [-0.25, -0.2) is 9.78 Å².